The summed E-state index contributed by atoms with van der Waals surface area (Å²) in [5.41, 5.74) is 1.67. The third-order valence-corrected chi connectivity index (χ3v) is 5.79. The van der Waals surface area contributed by atoms with Crippen molar-refractivity contribution in [2.45, 2.75) is 12.5 Å². The number of hydrogen-bond donors (Lipinski definition) is 1. The molecule has 1 amide bonds. The Morgan fingerprint density at radius 3 is 2.65 bits per heavy atom. The van der Waals surface area contributed by atoms with Gasteiger partial charge in [0, 0.05) is 31.4 Å². The minimum Gasteiger partial charge on any atom is -0.469 e. The number of pyridine rings is 2. The number of amides is 1. The van der Waals surface area contributed by atoms with E-state index in [-0.39, 0.29) is 16.8 Å². The molecule has 34 heavy (non-hydrogen) atoms. The van der Waals surface area contributed by atoms with Gasteiger partial charge in [-0.05, 0) is 31.8 Å². The first-order chi connectivity index (χ1) is 16.5. The molecule has 0 saturated heterocycles. The van der Waals surface area contributed by atoms with E-state index < -0.39 is 11.7 Å². The van der Waals surface area contributed by atoms with Crippen LogP contribution in [0.4, 0.5) is 9.52 Å². The molecule has 8 nitrogen and oxygen atoms in total. The van der Waals surface area contributed by atoms with E-state index in [9.17, 15) is 9.18 Å². The molecule has 4 rings (SSSR count). The van der Waals surface area contributed by atoms with E-state index in [1.807, 2.05) is 44.4 Å². The first-order valence-electron chi connectivity index (χ1n) is 10.6. The lowest BCUT2D eigenvalue weighted by Gasteiger charge is -2.21. The Hall–Kier alpha value is -3.76. The highest BCUT2D eigenvalue weighted by Gasteiger charge is 2.17. The topological polar surface area (TPSA) is 93.1 Å². The lowest BCUT2D eigenvalue weighted by atomic mass is 10.1. The van der Waals surface area contributed by atoms with E-state index in [4.69, 9.17) is 4.74 Å². The van der Waals surface area contributed by atoms with Crippen LogP contribution in [0.5, 0.6) is 5.88 Å². The van der Waals surface area contributed by atoms with Gasteiger partial charge in [-0.3, -0.25) is 15.1 Å². The van der Waals surface area contributed by atoms with Crippen molar-refractivity contribution in [3.8, 4) is 16.5 Å². The van der Waals surface area contributed by atoms with Crippen LogP contribution in [0, 0.1) is 5.82 Å². The van der Waals surface area contributed by atoms with Gasteiger partial charge < -0.3 is 9.64 Å². The fourth-order valence-electron chi connectivity index (χ4n) is 3.17. The summed E-state index contributed by atoms with van der Waals surface area (Å²) in [6.07, 6.45) is 4.65. The van der Waals surface area contributed by atoms with E-state index in [1.165, 1.54) is 18.5 Å². The number of nitrogens with one attached hydrogen (secondary N) is 1. The Bertz CT molecular complexity index is 1230. The zero-order valence-corrected chi connectivity index (χ0v) is 19.5. The van der Waals surface area contributed by atoms with Crippen molar-refractivity contribution in [2.24, 2.45) is 0 Å². The maximum absolute atomic E-state index is 13.9. The molecule has 3 aromatic heterocycles. The normalized spacial score (nSPS) is 11.9. The molecule has 0 saturated carbocycles. The number of anilines is 1. The van der Waals surface area contributed by atoms with E-state index in [1.54, 1.807) is 12.1 Å². The number of carbonyl (C=O) groups is 1. The standard InChI is InChI=1S/C24H23FN6O2S/c1-31(2)13-11-20(16-6-4-3-5-7-16)33-21-9-8-17(14-27-21)22(32)28-24-30-29-23(34-24)18-10-12-26-15-19(18)25/h3-10,12,14-15,20H,11,13H2,1-2H3,(H,28,30,32)/t20-/m0/s1. The number of nitrogens with zero attached hydrogens (tertiary/aromatic N) is 5. The lowest BCUT2D eigenvalue weighted by molar-refractivity contribution is 0.102. The Morgan fingerprint density at radius 1 is 1.12 bits per heavy atom. The molecule has 0 radical (unpaired) electrons. The van der Waals surface area contributed by atoms with Crippen LogP contribution in [-0.2, 0) is 0 Å². The fourth-order valence-corrected chi connectivity index (χ4v) is 3.93. The Balaban J connectivity index is 1.41. The molecule has 0 spiro atoms. The summed E-state index contributed by atoms with van der Waals surface area (Å²) in [7, 11) is 4.03. The van der Waals surface area contributed by atoms with Crippen molar-refractivity contribution in [3.05, 3.63) is 84.1 Å². The molecule has 1 N–H and O–H groups in total. The molecule has 0 aliphatic carbocycles. The highest BCUT2D eigenvalue weighted by atomic mass is 32.1. The largest absolute Gasteiger partial charge is 0.469 e. The number of aromatic nitrogens is 4. The molecule has 1 atom stereocenters. The molecule has 1 aromatic carbocycles. The summed E-state index contributed by atoms with van der Waals surface area (Å²) < 4.78 is 20.0. The number of benzene rings is 1. The maximum atomic E-state index is 13.9. The first kappa shape index (κ1) is 23.4. The third-order valence-electron chi connectivity index (χ3n) is 4.92. The van der Waals surface area contributed by atoms with Crippen LogP contribution in [0.15, 0.2) is 67.1 Å². The minimum atomic E-state index is -0.504. The number of rotatable bonds is 9. The molecule has 174 valence electrons. The van der Waals surface area contributed by atoms with Crippen LogP contribution in [0.1, 0.15) is 28.4 Å². The van der Waals surface area contributed by atoms with Crippen LogP contribution in [0.2, 0.25) is 0 Å². The average molecular weight is 479 g/mol. The van der Waals surface area contributed by atoms with E-state index in [2.05, 4.69) is 30.4 Å². The van der Waals surface area contributed by atoms with E-state index in [0.717, 1.165) is 36.1 Å². The second-order valence-electron chi connectivity index (χ2n) is 7.72. The summed E-state index contributed by atoms with van der Waals surface area (Å²) in [6.45, 7) is 0.854. The molecule has 0 aliphatic rings. The summed E-state index contributed by atoms with van der Waals surface area (Å²) in [5.74, 6) is -0.476. The minimum absolute atomic E-state index is 0.163. The Kier molecular flexibility index (Phi) is 7.51. The van der Waals surface area contributed by atoms with Crippen LogP contribution >= 0.6 is 11.3 Å². The van der Waals surface area contributed by atoms with Gasteiger partial charge in [0.1, 0.15) is 6.10 Å². The molecule has 3 heterocycles. The van der Waals surface area contributed by atoms with E-state index >= 15 is 0 Å². The molecular formula is C24H23FN6O2S. The first-order valence-corrected chi connectivity index (χ1v) is 11.4. The number of halogens is 1. The smallest absolute Gasteiger partial charge is 0.259 e. The van der Waals surface area contributed by atoms with Crippen molar-refractivity contribution < 1.29 is 13.9 Å². The van der Waals surface area contributed by atoms with Gasteiger partial charge in [0.25, 0.3) is 5.91 Å². The van der Waals surface area contributed by atoms with Crippen molar-refractivity contribution in [1.82, 2.24) is 25.1 Å². The van der Waals surface area contributed by atoms with E-state index in [0.29, 0.717) is 16.5 Å². The van der Waals surface area contributed by atoms with Crippen LogP contribution < -0.4 is 10.1 Å². The van der Waals surface area contributed by atoms with Gasteiger partial charge in [0.05, 0.1) is 17.3 Å². The van der Waals surface area contributed by atoms with Crippen molar-refractivity contribution in [1.29, 1.82) is 0 Å². The molecule has 0 aliphatic heterocycles. The van der Waals surface area contributed by atoms with Crippen LogP contribution in [-0.4, -0.2) is 51.6 Å². The van der Waals surface area contributed by atoms with Crippen molar-refractivity contribution >= 4 is 22.4 Å². The van der Waals surface area contributed by atoms with Crippen molar-refractivity contribution in [3.63, 3.8) is 0 Å². The average Bonchev–Trinajstić information content (AvgIpc) is 3.31. The quantitative estimate of drug-likeness (QED) is 0.380. The highest BCUT2D eigenvalue weighted by molar-refractivity contribution is 7.18. The fraction of sp³-hybridized carbons (Fsp3) is 0.208. The van der Waals surface area contributed by atoms with Crippen LogP contribution in [0.25, 0.3) is 10.6 Å². The predicted molar refractivity (Wildman–Crippen MR) is 128 cm³/mol. The summed E-state index contributed by atoms with van der Waals surface area (Å²) in [6, 6.07) is 14.8. The zero-order chi connectivity index (χ0) is 23.9. The van der Waals surface area contributed by atoms with Gasteiger partial charge in [0.15, 0.2) is 10.8 Å². The van der Waals surface area contributed by atoms with Crippen LogP contribution in [0.3, 0.4) is 0 Å². The SMILES string of the molecule is CN(C)CC[C@H](Oc1ccc(C(=O)Nc2nnc(-c3ccncc3F)s2)cn1)c1ccccc1. The maximum Gasteiger partial charge on any atom is 0.259 e. The summed E-state index contributed by atoms with van der Waals surface area (Å²) in [5, 5.41) is 11.1. The van der Waals surface area contributed by atoms with Gasteiger partial charge in [-0.1, -0.05) is 41.7 Å². The van der Waals surface area contributed by atoms with Gasteiger partial charge in [-0.15, -0.1) is 10.2 Å². The van der Waals surface area contributed by atoms with Crippen molar-refractivity contribution in [2.75, 3.05) is 26.0 Å². The second kappa shape index (κ2) is 10.9. The monoisotopic (exact) mass is 478 g/mol. The second-order valence-corrected chi connectivity index (χ2v) is 8.69. The summed E-state index contributed by atoms with van der Waals surface area (Å²) >= 11 is 1.07. The molecule has 10 heteroatoms. The Morgan fingerprint density at radius 2 is 1.94 bits per heavy atom. The zero-order valence-electron chi connectivity index (χ0n) is 18.7. The molecule has 4 aromatic rings. The van der Waals surface area contributed by atoms with Gasteiger partial charge in [-0.25, -0.2) is 9.37 Å². The lowest BCUT2D eigenvalue weighted by Crippen LogP contribution is -2.19. The third kappa shape index (κ3) is 5.97. The number of carbonyl (C=O) groups excluding carboxylic acids is 1. The molecule has 0 fully saturated rings. The van der Waals surface area contributed by atoms with Gasteiger partial charge in [-0.2, -0.15) is 0 Å². The molecule has 0 bridgehead atoms. The number of ether oxygens (including phenoxy) is 1. The highest BCUT2D eigenvalue weighted by Crippen LogP contribution is 2.28. The Labute approximate surface area is 200 Å². The van der Waals surface area contributed by atoms with Gasteiger partial charge >= 0.3 is 0 Å². The van der Waals surface area contributed by atoms with Gasteiger partial charge in [0.2, 0.25) is 11.0 Å². The summed E-state index contributed by atoms with van der Waals surface area (Å²) in [4.78, 5) is 22.7. The molecule has 0 unspecified atom stereocenters. The predicted octanol–water partition coefficient (Wildman–Crippen LogP) is 4.46. The molecular weight excluding hydrogens is 455 g/mol. The number of hydrogen-bond acceptors (Lipinski definition) is 8.